The summed E-state index contributed by atoms with van der Waals surface area (Å²) in [6.45, 7) is 0. The minimum Gasteiger partial charge on any atom is -0.492 e. The number of carbonyl (C=O) groups is 2. The highest BCUT2D eigenvalue weighted by molar-refractivity contribution is 6.33. The maximum atomic E-state index is 14.2. The number of nitrogens with zero attached hydrogens (tertiary/aromatic N) is 2. The van der Waals surface area contributed by atoms with Crippen LogP contribution in [0.3, 0.4) is 0 Å². The average Bonchev–Trinajstić information content (AvgIpc) is 2.90. The Bertz CT molecular complexity index is 1800. The second-order valence-electron chi connectivity index (χ2n) is 7.55. The number of aromatic amines is 2. The van der Waals surface area contributed by atoms with E-state index in [2.05, 4.69) is 19.9 Å². The molecule has 12 nitrogen and oxygen atoms in total. The fourth-order valence-corrected chi connectivity index (χ4v) is 3.84. The molecule has 0 aliphatic heterocycles. The second kappa shape index (κ2) is 12.8. The normalized spacial score (nSPS) is 10.4. The third kappa shape index (κ3) is 6.62. The van der Waals surface area contributed by atoms with E-state index >= 15 is 0 Å². The number of carboxylic acid groups (broad SMARTS) is 2. The van der Waals surface area contributed by atoms with Crippen LogP contribution in [0.15, 0.2) is 39.9 Å². The molecule has 2 aromatic carbocycles. The van der Waals surface area contributed by atoms with Crippen LogP contribution in [0, 0.1) is 11.6 Å². The van der Waals surface area contributed by atoms with Crippen molar-refractivity contribution in [2.24, 2.45) is 0 Å². The van der Waals surface area contributed by atoms with Gasteiger partial charge in [-0.25, -0.2) is 28.3 Å². The molecule has 0 spiro atoms. The maximum absolute atomic E-state index is 14.2. The molecule has 2 aromatic heterocycles. The van der Waals surface area contributed by atoms with E-state index in [4.69, 9.17) is 54.5 Å². The number of methoxy groups -OCH3 is 2. The summed E-state index contributed by atoms with van der Waals surface area (Å²) in [6, 6.07) is 5.99. The van der Waals surface area contributed by atoms with Gasteiger partial charge < -0.3 is 29.7 Å². The van der Waals surface area contributed by atoms with Crippen molar-refractivity contribution in [3.8, 4) is 34.3 Å². The fourth-order valence-electron chi connectivity index (χ4n) is 3.23. The number of hydrogen-bond donors (Lipinski definition) is 4. The number of H-pyrrole nitrogens is 2. The van der Waals surface area contributed by atoms with Crippen LogP contribution in [0.5, 0.6) is 11.5 Å². The molecule has 41 heavy (non-hydrogen) atoms. The zero-order valence-corrected chi connectivity index (χ0v) is 22.8. The van der Waals surface area contributed by atoms with Gasteiger partial charge in [0.25, 0.3) is 11.1 Å². The fraction of sp³-hybridized carbons (Fsp3) is 0.0833. The first-order valence-electron chi connectivity index (χ1n) is 10.7. The van der Waals surface area contributed by atoms with Crippen LogP contribution in [0.1, 0.15) is 21.0 Å². The maximum Gasteiger partial charge on any atom is 0.356 e. The Morgan fingerprint density at radius 3 is 1.73 bits per heavy atom. The molecule has 0 fully saturated rings. The first-order valence-corrected chi connectivity index (χ1v) is 11.9. The lowest BCUT2D eigenvalue weighted by atomic mass is 10.1. The molecule has 214 valence electrons. The third-order valence-electron chi connectivity index (χ3n) is 5.04. The van der Waals surface area contributed by atoms with Gasteiger partial charge in [-0.3, -0.25) is 9.59 Å². The van der Waals surface area contributed by atoms with Gasteiger partial charge in [0, 0.05) is 6.07 Å². The van der Waals surface area contributed by atoms with Crippen LogP contribution in [0.2, 0.25) is 15.1 Å². The minimum atomic E-state index is -1.51. The van der Waals surface area contributed by atoms with E-state index < -0.39 is 51.1 Å². The van der Waals surface area contributed by atoms with Gasteiger partial charge in [-0.15, -0.1) is 0 Å². The lowest BCUT2D eigenvalue weighted by Crippen LogP contribution is -2.16. The number of aromatic nitrogens is 4. The summed E-state index contributed by atoms with van der Waals surface area (Å²) in [7, 11) is 2.45. The van der Waals surface area contributed by atoms with Crippen molar-refractivity contribution in [3.63, 3.8) is 0 Å². The summed E-state index contributed by atoms with van der Waals surface area (Å²) in [4.78, 5) is 56.6. The number of benzene rings is 2. The first kappa shape index (κ1) is 31.0. The summed E-state index contributed by atoms with van der Waals surface area (Å²) >= 11 is 17.0. The Kier molecular flexibility index (Phi) is 9.65. The molecule has 17 heteroatoms. The molecule has 0 bridgehead atoms. The molecule has 0 radical (unpaired) electrons. The zero-order valence-electron chi connectivity index (χ0n) is 20.5. The zero-order chi connectivity index (χ0) is 30.6. The van der Waals surface area contributed by atoms with Crippen LogP contribution in [-0.2, 0) is 0 Å². The highest BCUT2D eigenvalue weighted by Gasteiger charge is 2.21. The van der Waals surface area contributed by atoms with Crippen LogP contribution in [-0.4, -0.2) is 56.3 Å². The number of hydrogen-bond acceptors (Lipinski definition) is 8. The summed E-state index contributed by atoms with van der Waals surface area (Å²) < 4.78 is 38.0. The van der Waals surface area contributed by atoms with Crippen molar-refractivity contribution < 1.29 is 38.1 Å². The highest BCUT2D eigenvalue weighted by Crippen LogP contribution is 2.34. The standard InChI is InChI=1S/C12H7Cl2FN2O4.C12H8ClFN2O4/c1-21-9-5(13)3-2-4(7(9)15)10-16-8(12(19)20)6(14)11(18)17-10;1-20-10-6(13)3-2-5(9(10)14)11-15-7(12(18)19)4-8(17)16-11/h2-3H,1H3,(H,19,20)(H,16,17,18);2-4H,1H3,(H,18,19)(H,15,16,17). The number of rotatable bonds is 6. The first-order chi connectivity index (χ1) is 19.3. The monoisotopic (exact) mass is 630 g/mol. The predicted molar refractivity (Wildman–Crippen MR) is 143 cm³/mol. The van der Waals surface area contributed by atoms with Crippen LogP contribution < -0.4 is 20.6 Å². The van der Waals surface area contributed by atoms with Gasteiger partial charge in [0.1, 0.15) is 16.7 Å². The van der Waals surface area contributed by atoms with Gasteiger partial charge in [-0.1, -0.05) is 34.8 Å². The van der Waals surface area contributed by atoms with Crippen molar-refractivity contribution in [2.75, 3.05) is 14.2 Å². The lowest BCUT2D eigenvalue weighted by molar-refractivity contribution is 0.0679. The molecule has 4 rings (SSSR count). The SMILES string of the molecule is COc1c(Cl)ccc(-c2nc(C(=O)O)c(Cl)c(=O)[nH]2)c1F.COc1c(Cl)ccc(-c2nc(C(=O)O)cc(=O)[nH]2)c1F. The van der Waals surface area contributed by atoms with Crippen molar-refractivity contribution in [2.45, 2.75) is 0 Å². The molecule has 0 unspecified atom stereocenters. The quantitative estimate of drug-likeness (QED) is 0.236. The topological polar surface area (TPSA) is 185 Å². The van der Waals surface area contributed by atoms with Gasteiger partial charge >= 0.3 is 11.9 Å². The summed E-state index contributed by atoms with van der Waals surface area (Å²) in [5.74, 6) is -5.60. The Labute approximate surface area is 242 Å². The Hall–Kier alpha value is -4.53. The van der Waals surface area contributed by atoms with E-state index in [1.165, 1.54) is 38.5 Å². The Balaban J connectivity index is 0.000000226. The smallest absolute Gasteiger partial charge is 0.356 e. The van der Waals surface area contributed by atoms with Crippen molar-refractivity contribution in [3.05, 3.63) is 89.1 Å². The number of halogens is 5. The third-order valence-corrected chi connectivity index (χ3v) is 5.99. The molecule has 0 aliphatic rings. The lowest BCUT2D eigenvalue weighted by Gasteiger charge is -2.09. The Morgan fingerprint density at radius 1 is 0.805 bits per heavy atom. The number of aromatic carboxylic acids is 2. The molecule has 0 atom stereocenters. The van der Waals surface area contributed by atoms with E-state index in [1.807, 2.05) is 0 Å². The molecular formula is C24H15Cl3F2N4O8. The second-order valence-corrected chi connectivity index (χ2v) is 8.74. The van der Waals surface area contributed by atoms with Crippen LogP contribution >= 0.6 is 34.8 Å². The van der Waals surface area contributed by atoms with Crippen LogP contribution in [0.25, 0.3) is 22.8 Å². The minimum absolute atomic E-state index is 0.0218. The highest BCUT2D eigenvalue weighted by atomic mass is 35.5. The van der Waals surface area contributed by atoms with Gasteiger partial charge in [0.05, 0.1) is 35.4 Å². The number of ether oxygens (including phenoxy) is 2. The molecule has 0 saturated heterocycles. The molecule has 4 aromatic rings. The van der Waals surface area contributed by atoms with Crippen LogP contribution in [0.4, 0.5) is 8.78 Å². The summed E-state index contributed by atoms with van der Waals surface area (Å²) in [6.07, 6.45) is 0. The van der Waals surface area contributed by atoms with E-state index in [-0.39, 0.29) is 44.3 Å². The van der Waals surface area contributed by atoms with E-state index in [0.29, 0.717) is 0 Å². The van der Waals surface area contributed by atoms with Gasteiger partial charge in [-0.2, -0.15) is 0 Å². The predicted octanol–water partition coefficient (Wildman–Crippen LogP) is 4.53. The van der Waals surface area contributed by atoms with Gasteiger partial charge in [0.2, 0.25) is 0 Å². The molecule has 0 aliphatic carbocycles. The van der Waals surface area contributed by atoms with E-state index in [9.17, 15) is 28.0 Å². The van der Waals surface area contributed by atoms with Crippen molar-refractivity contribution in [1.82, 2.24) is 19.9 Å². The molecule has 0 saturated carbocycles. The average molecular weight is 632 g/mol. The summed E-state index contributed by atoms with van der Waals surface area (Å²) in [5, 5.41) is 17.3. The molecular weight excluding hydrogens is 617 g/mol. The largest absolute Gasteiger partial charge is 0.492 e. The van der Waals surface area contributed by atoms with Gasteiger partial charge in [-0.05, 0) is 24.3 Å². The molecule has 0 amide bonds. The number of carboxylic acids is 2. The van der Waals surface area contributed by atoms with Gasteiger partial charge in [0.15, 0.2) is 34.5 Å². The number of nitrogens with one attached hydrogen (secondary N) is 2. The summed E-state index contributed by atoms with van der Waals surface area (Å²) in [5.41, 5.74) is -3.06. The van der Waals surface area contributed by atoms with E-state index in [1.54, 1.807) is 0 Å². The van der Waals surface area contributed by atoms with Crippen molar-refractivity contribution in [1.29, 1.82) is 0 Å². The van der Waals surface area contributed by atoms with E-state index in [0.717, 1.165) is 6.07 Å². The molecule has 4 N–H and O–H groups in total. The van der Waals surface area contributed by atoms with Crippen molar-refractivity contribution >= 4 is 46.7 Å². The molecule has 2 heterocycles. The Morgan fingerprint density at radius 2 is 1.29 bits per heavy atom.